The lowest BCUT2D eigenvalue weighted by Crippen LogP contribution is -2.30. The maximum absolute atomic E-state index is 11.8. The number of alkyl halides is 3. The highest BCUT2D eigenvalue weighted by Crippen LogP contribution is 2.29. The van der Waals surface area contributed by atoms with E-state index in [0.29, 0.717) is 0 Å². The van der Waals surface area contributed by atoms with E-state index in [1.54, 1.807) is 0 Å². The first-order valence-corrected chi connectivity index (χ1v) is 5.55. The molecule has 0 bridgehead atoms. The minimum atomic E-state index is -4.31. The summed E-state index contributed by atoms with van der Waals surface area (Å²) in [4.78, 5) is 25.1. The molecule has 0 aliphatic carbocycles. The molecule has 0 aromatic carbocycles. The second-order valence-corrected chi connectivity index (χ2v) is 4.13. The van der Waals surface area contributed by atoms with E-state index in [2.05, 4.69) is 10.3 Å². The quantitative estimate of drug-likeness (QED) is 0.809. The Morgan fingerprint density at radius 1 is 1.47 bits per heavy atom. The summed E-state index contributed by atoms with van der Waals surface area (Å²) in [6, 6.07) is 1.17. The van der Waals surface area contributed by atoms with Crippen LogP contribution in [0.25, 0.3) is 0 Å². The Bertz CT molecular complexity index is 444. The highest BCUT2D eigenvalue weighted by atomic mass is 32.2. The third kappa shape index (κ3) is 4.94. The normalized spacial score (nSPS) is 11.2. The SMILES string of the molecule is O=C(NCCSC(F)(F)F)c1c[nH]ccc1=O. The highest BCUT2D eigenvalue weighted by molar-refractivity contribution is 8.00. The van der Waals surface area contributed by atoms with E-state index >= 15 is 0 Å². The average Bonchev–Trinajstić information content (AvgIpc) is 2.23. The number of amides is 1. The van der Waals surface area contributed by atoms with E-state index in [4.69, 9.17) is 0 Å². The fourth-order valence-electron chi connectivity index (χ4n) is 1.02. The molecule has 8 heteroatoms. The zero-order chi connectivity index (χ0) is 12.9. The number of carbonyl (C=O) groups is 1. The molecule has 1 rings (SSSR count). The first-order valence-electron chi connectivity index (χ1n) is 4.56. The number of rotatable bonds is 4. The van der Waals surface area contributed by atoms with E-state index in [1.165, 1.54) is 18.5 Å². The summed E-state index contributed by atoms with van der Waals surface area (Å²) in [7, 11) is 0. The summed E-state index contributed by atoms with van der Waals surface area (Å²) in [5, 5.41) is 2.23. The molecule has 1 heterocycles. The van der Waals surface area contributed by atoms with Gasteiger partial charge in [-0.3, -0.25) is 9.59 Å². The number of hydrogen-bond donors (Lipinski definition) is 2. The molecule has 0 saturated carbocycles. The Morgan fingerprint density at radius 2 is 2.18 bits per heavy atom. The highest BCUT2D eigenvalue weighted by Gasteiger charge is 2.27. The van der Waals surface area contributed by atoms with Crippen LogP contribution in [0.2, 0.25) is 0 Å². The smallest absolute Gasteiger partial charge is 0.367 e. The maximum atomic E-state index is 11.8. The zero-order valence-electron chi connectivity index (χ0n) is 8.50. The number of hydrogen-bond acceptors (Lipinski definition) is 3. The second-order valence-electron chi connectivity index (χ2n) is 2.97. The molecule has 0 aliphatic rings. The van der Waals surface area contributed by atoms with Crippen LogP contribution in [0.1, 0.15) is 10.4 Å². The first-order chi connectivity index (χ1) is 7.90. The molecule has 1 aromatic heterocycles. The summed E-state index contributed by atoms with van der Waals surface area (Å²) in [6.07, 6.45) is 2.56. The minimum Gasteiger partial charge on any atom is -0.367 e. The molecule has 94 valence electrons. The van der Waals surface area contributed by atoms with Crippen molar-refractivity contribution < 1.29 is 18.0 Å². The first kappa shape index (κ1) is 13.6. The van der Waals surface area contributed by atoms with Crippen molar-refractivity contribution in [3.63, 3.8) is 0 Å². The Kier molecular flexibility index (Phi) is 4.62. The molecule has 4 nitrogen and oxygen atoms in total. The molecule has 0 atom stereocenters. The molecule has 0 saturated heterocycles. The lowest BCUT2D eigenvalue weighted by Gasteiger charge is -2.06. The van der Waals surface area contributed by atoms with Gasteiger partial charge in [0.25, 0.3) is 5.91 Å². The van der Waals surface area contributed by atoms with Crippen molar-refractivity contribution in [3.8, 4) is 0 Å². The van der Waals surface area contributed by atoms with Gasteiger partial charge in [-0.2, -0.15) is 13.2 Å². The van der Waals surface area contributed by atoms with Crippen molar-refractivity contribution >= 4 is 17.7 Å². The van der Waals surface area contributed by atoms with Crippen LogP contribution in [0.4, 0.5) is 13.2 Å². The van der Waals surface area contributed by atoms with Crippen LogP contribution in [0.15, 0.2) is 23.3 Å². The zero-order valence-corrected chi connectivity index (χ0v) is 9.32. The molecular weight excluding hydrogens is 257 g/mol. The monoisotopic (exact) mass is 266 g/mol. The number of aromatic nitrogens is 1. The molecule has 0 spiro atoms. The third-order valence-corrected chi connectivity index (χ3v) is 2.46. The summed E-state index contributed by atoms with van der Waals surface area (Å²) < 4.78 is 35.3. The Hall–Kier alpha value is -1.44. The van der Waals surface area contributed by atoms with Crippen molar-refractivity contribution in [3.05, 3.63) is 34.2 Å². The standard InChI is InChI=1S/C9H9F3N2O2S/c10-9(11,12)17-4-3-14-8(16)6-5-13-2-1-7(6)15/h1-2,5H,3-4H2,(H,13,15)(H,14,16). The minimum absolute atomic E-state index is 0.121. The van der Waals surface area contributed by atoms with Gasteiger partial charge >= 0.3 is 5.51 Å². The van der Waals surface area contributed by atoms with Gasteiger partial charge in [0.05, 0.1) is 0 Å². The number of nitrogens with one attached hydrogen (secondary N) is 2. The van der Waals surface area contributed by atoms with Crippen molar-refractivity contribution in [2.24, 2.45) is 0 Å². The van der Waals surface area contributed by atoms with Gasteiger partial charge in [0, 0.05) is 30.8 Å². The fourth-order valence-corrected chi connectivity index (χ4v) is 1.46. The average molecular weight is 266 g/mol. The summed E-state index contributed by atoms with van der Waals surface area (Å²) >= 11 is -0.226. The lowest BCUT2D eigenvalue weighted by molar-refractivity contribution is -0.0327. The predicted molar refractivity (Wildman–Crippen MR) is 57.9 cm³/mol. The van der Waals surface area contributed by atoms with Gasteiger partial charge in [0.2, 0.25) is 0 Å². The van der Waals surface area contributed by atoms with Crippen LogP contribution in [-0.2, 0) is 0 Å². The molecule has 2 N–H and O–H groups in total. The largest absolute Gasteiger partial charge is 0.441 e. The summed E-state index contributed by atoms with van der Waals surface area (Å²) in [5.74, 6) is -0.977. The van der Waals surface area contributed by atoms with Crippen LogP contribution >= 0.6 is 11.8 Å². The van der Waals surface area contributed by atoms with Crippen LogP contribution in [0.3, 0.4) is 0 Å². The van der Waals surface area contributed by atoms with E-state index in [1.807, 2.05) is 0 Å². The van der Waals surface area contributed by atoms with Crippen molar-refractivity contribution in [2.75, 3.05) is 12.3 Å². The van der Waals surface area contributed by atoms with Crippen molar-refractivity contribution in [1.29, 1.82) is 0 Å². The number of pyridine rings is 1. The molecule has 1 aromatic rings. The Morgan fingerprint density at radius 3 is 2.76 bits per heavy atom. The molecule has 0 aliphatic heterocycles. The van der Waals surface area contributed by atoms with E-state index in [-0.39, 0.29) is 29.6 Å². The van der Waals surface area contributed by atoms with Gasteiger partial charge in [0.15, 0.2) is 5.43 Å². The van der Waals surface area contributed by atoms with E-state index in [9.17, 15) is 22.8 Å². The molecule has 0 unspecified atom stereocenters. The lowest BCUT2D eigenvalue weighted by atomic mass is 10.2. The molecule has 1 amide bonds. The molecule has 0 fully saturated rings. The van der Waals surface area contributed by atoms with E-state index < -0.39 is 16.8 Å². The number of halogens is 3. The number of aromatic amines is 1. The fraction of sp³-hybridized carbons (Fsp3) is 0.333. The number of H-pyrrole nitrogens is 1. The molecular formula is C9H9F3N2O2S. The Balaban J connectivity index is 2.41. The number of carbonyl (C=O) groups excluding carboxylic acids is 1. The van der Waals surface area contributed by atoms with Crippen LogP contribution in [0, 0.1) is 0 Å². The second kappa shape index (κ2) is 5.76. The van der Waals surface area contributed by atoms with E-state index in [0.717, 1.165) is 0 Å². The van der Waals surface area contributed by atoms with Gasteiger partial charge in [-0.1, -0.05) is 0 Å². The van der Waals surface area contributed by atoms with Gasteiger partial charge in [-0.25, -0.2) is 0 Å². The van der Waals surface area contributed by atoms with Gasteiger partial charge in [-0.05, 0) is 11.8 Å². The molecule has 0 radical (unpaired) electrons. The van der Waals surface area contributed by atoms with Crippen LogP contribution in [-0.4, -0.2) is 28.7 Å². The summed E-state index contributed by atoms with van der Waals surface area (Å²) in [5.41, 5.74) is -4.91. The van der Waals surface area contributed by atoms with Crippen molar-refractivity contribution in [2.45, 2.75) is 5.51 Å². The summed E-state index contributed by atoms with van der Waals surface area (Å²) in [6.45, 7) is -0.155. The Labute approximate surface area is 98.6 Å². The third-order valence-electron chi connectivity index (χ3n) is 1.72. The van der Waals surface area contributed by atoms with Crippen molar-refractivity contribution in [1.82, 2.24) is 10.3 Å². The predicted octanol–water partition coefficient (Wildman–Crippen LogP) is 1.36. The van der Waals surface area contributed by atoms with Crippen LogP contribution < -0.4 is 10.7 Å². The van der Waals surface area contributed by atoms with Gasteiger partial charge in [0.1, 0.15) is 5.56 Å². The topological polar surface area (TPSA) is 62.0 Å². The molecule has 17 heavy (non-hydrogen) atoms. The van der Waals surface area contributed by atoms with Crippen LogP contribution in [0.5, 0.6) is 0 Å². The van der Waals surface area contributed by atoms with Gasteiger partial charge in [-0.15, -0.1) is 0 Å². The number of thioether (sulfide) groups is 1. The maximum Gasteiger partial charge on any atom is 0.441 e. The van der Waals surface area contributed by atoms with Gasteiger partial charge < -0.3 is 10.3 Å².